The van der Waals surface area contributed by atoms with Crippen LogP contribution in [0.1, 0.15) is 41.5 Å². The van der Waals surface area contributed by atoms with E-state index < -0.39 is 0 Å². The van der Waals surface area contributed by atoms with Crippen molar-refractivity contribution < 1.29 is 4.74 Å². The summed E-state index contributed by atoms with van der Waals surface area (Å²) in [5, 5.41) is 8.77. The zero-order valence-corrected chi connectivity index (χ0v) is 15.7. The Balaban J connectivity index is 1.49. The highest BCUT2D eigenvalue weighted by molar-refractivity contribution is 6.42. The highest BCUT2D eigenvalue weighted by atomic mass is 35.5. The fourth-order valence-corrected chi connectivity index (χ4v) is 4.40. The Morgan fingerprint density at radius 3 is 2.84 bits per heavy atom. The maximum atomic E-state index is 6.24. The zero-order valence-electron chi connectivity index (χ0n) is 14.2. The van der Waals surface area contributed by atoms with Crippen LogP contribution in [0.5, 0.6) is 0 Å². The fraction of sp³-hybridized carbons (Fsp3) is 0.526. The molecule has 2 aromatic rings. The summed E-state index contributed by atoms with van der Waals surface area (Å²) < 4.78 is 5.45. The first-order valence-electron chi connectivity index (χ1n) is 8.98. The summed E-state index contributed by atoms with van der Waals surface area (Å²) in [6.45, 7) is 4.91. The first kappa shape index (κ1) is 17.3. The van der Waals surface area contributed by atoms with Crippen LogP contribution in [0, 0.1) is 0 Å². The van der Waals surface area contributed by atoms with Crippen LogP contribution in [0.2, 0.25) is 10.0 Å². The lowest BCUT2D eigenvalue weighted by Crippen LogP contribution is -2.37. The number of ether oxygens (including phenoxy) is 1. The van der Waals surface area contributed by atoms with E-state index in [9.17, 15) is 0 Å². The highest BCUT2D eigenvalue weighted by Crippen LogP contribution is 2.41. The number of H-pyrrole nitrogens is 1. The molecule has 0 bridgehead atoms. The number of aromatic nitrogens is 2. The monoisotopic (exact) mass is 379 g/mol. The van der Waals surface area contributed by atoms with E-state index in [1.807, 2.05) is 18.3 Å². The summed E-state index contributed by atoms with van der Waals surface area (Å²) in [5.74, 6) is 0.988. The van der Waals surface area contributed by atoms with Gasteiger partial charge in [-0.25, -0.2) is 0 Å². The average molecular weight is 380 g/mol. The van der Waals surface area contributed by atoms with Crippen molar-refractivity contribution in [2.75, 3.05) is 32.8 Å². The van der Waals surface area contributed by atoms with Gasteiger partial charge in [-0.3, -0.25) is 10.00 Å². The molecule has 1 aromatic carbocycles. The van der Waals surface area contributed by atoms with Gasteiger partial charge in [-0.05, 0) is 60.9 Å². The normalized spacial score (nSPS) is 24.2. The predicted octanol–water partition coefficient (Wildman–Crippen LogP) is 4.25. The quantitative estimate of drug-likeness (QED) is 0.862. The molecule has 4 nitrogen and oxygen atoms in total. The topological polar surface area (TPSA) is 41.2 Å². The molecule has 134 valence electrons. The van der Waals surface area contributed by atoms with Crippen molar-refractivity contribution in [3.63, 3.8) is 0 Å². The van der Waals surface area contributed by atoms with E-state index in [-0.39, 0.29) is 0 Å². The van der Waals surface area contributed by atoms with Gasteiger partial charge >= 0.3 is 0 Å². The van der Waals surface area contributed by atoms with Gasteiger partial charge in [-0.2, -0.15) is 5.10 Å². The van der Waals surface area contributed by atoms with Crippen LogP contribution in [-0.2, 0) is 11.2 Å². The molecular weight excluding hydrogens is 357 g/mol. The molecule has 0 spiro atoms. The molecule has 1 aromatic heterocycles. The molecule has 25 heavy (non-hydrogen) atoms. The Morgan fingerprint density at radius 2 is 2.04 bits per heavy atom. The molecule has 2 aliphatic rings. The number of fused-ring (bicyclic) bond motifs is 1. The van der Waals surface area contributed by atoms with Gasteiger partial charge in [-0.15, -0.1) is 0 Å². The summed E-state index contributed by atoms with van der Waals surface area (Å²) in [4.78, 5) is 2.51. The number of hydrogen-bond acceptors (Lipinski definition) is 3. The number of halogens is 2. The van der Waals surface area contributed by atoms with Crippen LogP contribution in [0.4, 0.5) is 0 Å². The lowest BCUT2D eigenvalue weighted by Gasteiger charge is -2.32. The summed E-state index contributed by atoms with van der Waals surface area (Å²) in [5.41, 5.74) is 3.94. The molecule has 0 radical (unpaired) electrons. The summed E-state index contributed by atoms with van der Waals surface area (Å²) in [6.07, 6.45) is 5.30. The van der Waals surface area contributed by atoms with E-state index in [1.54, 1.807) is 0 Å². The molecule has 4 rings (SSSR count). The molecule has 2 heterocycles. The lowest BCUT2D eigenvalue weighted by molar-refractivity contribution is 0.0363. The van der Waals surface area contributed by atoms with Crippen molar-refractivity contribution >= 4 is 23.2 Å². The second kappa shape index (κ2) is 7.67. The minimum absolute atomic E-state index is 0.456. The van der Waals surface area contributed by atoms with Gasteiger partial charge in [0.25, 0.3) is 0 Å². The number of rotatable bonds is 4. The summed E-state index contributed by atoms with van der Waals surface area (Å²) >= 11 is 12.3. The Bertz CT molecular complexity index is 727. The number of aromatic amines is 1. The third-order valence-corrected chi connectivity index (χ3v) is 6.26. The smallest absolute Gasteiger partial charge is 0.0595 e. The Kier molecular flexibility index (Phi) is 5.32. The second-order valence-corrected chi connectivity index (χ2v) is 7.87. The molecule has 1 fully saturated rings. The Morgan fingerprint density at radius 1 is 1.20 bits per heavy atom. The van der Waals surface area contributed by atoms with Crippen LogP contribution >= 0.6 is 23.2 Å². The van der Waals surface area contributed by atoms with Crippen molar-refractivity contribution in [1.29, 1.82) is 0 Å². The van der Waals surface area contributed by atoms with Crippen molar-refractivity contribution in [3.8, 4) is 0 Å². The predicted molar refractivity (Wildman–Crippen MR) is 101 cm³/mol. The Labute approximate surface area is 158 Å². The lowest BCUT2D eigenvalue weighted by atomic mass is 9.76. The third kappa shape index (κ3) is 3.87. The van der Waals surface area contributed by atoms with Crippen molar-refractivity contribution in [2.45, 2.75) is 31.1 Å². The largest absolute Gasteiger partial charge is 0.379 e. The fourth-order valence-electron chi connectivity index (χ4n) is 4.09. The van der Waals surface area contributed by atoms with Crippen LogP contribution in [0.15, 0.2) is 24.4 Å². The zero-order chi connectivity index (χ0) is 17.2. The SMILES string of the molecule is Clc1ccc(C2Cc3[nH]ncc3C(CCN3CCOCC3)C2)cc1Cl. The van der Waals surface area contributed by atoms with E-state index in [0.717, 1.165) is 52.1 Å². The molecule has 0 saturated carbocycles. The minimum Gasteiger partial charge on any atom is -0.379 e. The van der Waals surface area contributed by atoms with Gasteiger partial charge < -0.3 is 4.74 Å². The highest BCUT2D eigenvalue weighted by Gasteiger charge is 2.30. The first-order valence-corrected chi connectivity index (χ1v) is 9.73. The van der Waals surface area contributed by atoms with Crippen LogP contribution < -0.4 is 0 Å². The van der Waals surface area contributed by atoms with E-state index in [2.05, 4.69) is 21.2 Å². The Hall–Kier alpha value is -1.07. The molecular formula is C19H23Cl2N3O. The van der Waals surface area contributed by atoms with E-state index in [0.29, 0.717) is 21.9 Å². The number of morpholine rings is 1. The van der Waals surface area contributed by atoms with Crippen LogP contribution in [0.3, 0.4) is 0 Å². The number of benzene rings is 1. The third-order valence-electron chi connectivity index (χ3n) is 5.52. The second-order valence-electron chi connectivity index (χ2n) is 7.05. The van der Waals surface area contributed by atoms with Gasteiger partial charge in [-0.1, -0.05) is 29.3 Å². The van der Waals surface area contributed by atoms with E-state index in [1.165, 1.54) is 16.8 Å². The molecule has 1 aliphatic carbocycles. The molecule has 1 saturated heterocycles. The molecule has 1 N–H and O–H groups in total. The van der Waals surface area contributed by atoms with E-state index in [4.69, 9.17) is 27.9 Å². The molecule has 0 amide bonds. The van der Waals surface area contributed by atoms with Crippen LogP contribution in [-0.4, -0.2) is 47.9 Å². The number of nitrogens with zero attached hydrogens (tertiary/aromatic N) is 2. The van der Waals surface area contributed by atoms with Crippen molar-refractivity contribution in [3.05, 3.63) is 51.3 Å². The van der Waals surface area contributed by atoms with Gasteiger partial charge in [0.05, 0.1) is 29.5 Å². The minimum atomic E-state index is 0.456. The molecule has 6 heteroatoms. The van der Waals surface area contributed by atoms with Crippen molar-refractivity contribution in [1.82, 2.24) is 15.1 Å². The standard InChI is InChI=1S/C19H23Cl2N3O/c20-17-2-1-13(10-18(17)21)15-9-14(16-12-22-23-19(16)11-15)3-4-24-5-7-25-8-6-24/h1-2,10,12,14-15H,3-9,11H2,(H,22,23). The first-order chi connectivity index (χ1) is 12.2. The number of hydrogen-bond donors (Lipinski definition) is 1. The maximum absolute atomic E-state index is 6.24. The van der Waals surface area contributed by atoms with Crippen molar-refractivity contribution in [2.24, 2.45) is 0 Å². The van der Waals surface area contributed by atoms with Gasteiger partial charge in [0.15, 0.2) is 0 Å². The maximum Gasteiger partial charge on any atom is 0.0595 e. The van der Waals surface area contributed by atoms with E-state index >= 15 is 0 Å². The molecule has 1 aliphatic heterocycles. The summed E-state index contributed by atoms with van der Waals surface area (Å²) in [6, 6.07) is 6.04. The van der Waals surface area contributed by atoms with Gasteiger partial charge in [0, 0.05) is 18.8 Å². The molecule has 2 unspecified atom stereocenters. The molecule has 2 atom stereocenters. The van der Waals surface area contributed by atoms with Gasteiger partial charge in [0.2, 0.25) is 0 Å². The summed E-state index contributed by atoms with van der Waals surface area (Å²) in [7, 11) is 0. The number of nitrogens with one attached hydrogen (secondary N) is 1. The van der Waals surface area contributed by atoms with Gasteiger partial charge in [0.1, 0.15) is 0 Å². The average Bonchev–Trinajstić information content (AvgIpc) is 3.11. The van der Waals surface area contributed by atoms with Crippen LogP contribution in [0.25, 0.3) is 0 Å².